The Hall–Kier alpha value is -0.520. The van der Waals surface area contributed by atoms with Crippen molar-refractivity contribution in [2.75, 3.05) is 13.1 Å². The van der Waals surface area contributed by atoms with Crippen LogP contribution >= 0.6 is 11.6 Å². The summed E-state index contributed by atoms with van der Waals surface area (Å²) < 4.78 is 31.6. The van der Waals surface area contributed by atoms with Crippen molar-refractivity contribution in [1.29, 1.82) is 0 Å². The van der Waals surface area contributed by atoms with Crippen LogP contribution in [-0.4, -0.2) is 25.8 Å². The first-order valence-corrected chi connectivity index (χ1v) is 7.68. The molecule has 2 rings (SSSR count). The fourth-order valence-corrected chi connectivity index (χ4v) is 3.92. The molecule has 0 atom stereocenters. The fourth-order valence-electron chi connectivity index (χ4n) is 2.09. The lowest BCUT2D eigenvalue weighted by molar-refractivity contribution is 0.346. The molecule has 1 aromatic rings. The summed E-state index contributed by atoms with van der Waals surface area (Å²) in [4.78, 5) is 0.259. The molecule has 17 heavy (non-hydrogen) atoms. The van der Waals surface area contributed by atoms with Gasteiger partial charge in [-0.15, -0.1) is 11.6 Å². The van der Waals surface area contributed by atoms with E-state index in [0.29, 0.717) is 24.6 Å². The quantitative estimate of drug-likeness (QED) is 0.798. The van der Waals surface area contributed by atoms with Gasteiger partial charge in [0.15, 0.2) is 0 Å². The summed E-state index contributed by atoms with van der Waals surface area (Å²) >= 11 is 5.65. The molecule has 0 aliphatic carbocycles. The van der Waals surface area contributed by atoms with Gasteiger partial charge in [-0.05, 0) is 19.8 Å². The van der Waals surface area contributed by atoms with Gasteiger partial charge in [0.05, 0.1) is 5.88 Å². The summed E-state index contributed by atoms with van der Waals surface area (Å²) in [6, 6.07) is 1.53. The van der Waals surface area contributed by atoms with Gasteiger partial charge in [0.1, 0.15) is 16.4 Å². The highest BCUT2D eigenvalue weighted by Gasteiger charge is 2.29. The summed E-state index contributed by atoms with van der Waals surface area (Å²) in [5, 5.41) is 0. The van der Waals surface area contributed by atoms with Gasteiger partial charge in [-0.3, -0.25) is 0 Å². The molecule has 96 valence electrons. The highest BCUT2D eigenvalue weighted by atomic mass is 35.5. The van der Waals surface area contributed by atoms with E-state index >= 15 is 0 Å². The molecule has 0 amide bonds. The van der Waals surface area contributed by atoms with E-state index in [2.05, 4.69) is 0 Å². The molecule has 1 aliphatic heterocycles. The second-order valence-corrected chi connectivity index (χ2v) is 6.41. The van der Waals surface area contributed by atoms with Crippen LogP contribution in [0.4, 0.5) is 0 Å². The van der Waals surface area contributed by atoms with E-state index in [4.69, 9.17) is 16.0 Å². The normalized spacial score (nSPS) is 18.5. The largest absolute Gasteiger partial charge is 0.464 e. The van der Waals surface area contributed by atoms with Gasteiger partial charge in [0.25, 0.3) is 0 Å². The maximum Gasteiger partial charge on any atom is 0.246 e. The van der Waals surface area contributed by atoms with Crippen LogP contribution in [0.5, 0.6) is 0 Å². The van der Waals surface area contributed by atoms with Crippen LogP contribution in [0.25, 0.3) is 0 Å². The Labute approximate surface area is 107 Å². The second kappa shape index (κ2) is 5.00. The minimum absolute atomic E-state index is 0.191. The topological polar surface area (TPSA) is 50.5 Å². The van der Waals surface area contributed by atoms with Gasteiger partial charge in [0.2, 0.25) is 10.0 Å². The zero-order valence-corrected chi connectivity index (χ0v) is 11.4. The summed E-state index contributed by atoms with van der Waals surface area (Å²) in [5.74, 6) is 1.11. The zero-order valence-electron chi connectivity index (χ0n) is 9.78. The maximum atomic E-state index is 12.4. The monoisotopic (exact) mass is 277 g/mol. The second-order valence-electron chi connectivity index (χ2n) is 4.23. The first kappa shape index (κ1) is 12.9. The van der Waals surface area contributed by atoms with Crippen LogP contribution in [0.15, 0.2) is 15.4 Å². The Morgan fingerprint density at radius 3 is 2.53 bits per heavy atom. The molecule has 0 bridgehead atoms. The van der Waals surface area contributed by atoms with Crippen molar-refractivity contribution in [1.82, 2.24) is 4.31 Å². The summed E-state index contributed by atoms with van der Waals surface area (Å²) in [6.07, 6.45) is 2.96. The lowest BCUT2D eigenvalue weighted by atomic mass is 10.2. The van der Waals surface area contributed by atoms with Crippen LogP contribution in [0.2, 0.25) is 0 Å². The van der Waals surface area contributed by atoms with Crippen molar-refractivity contribution in [2.24, 2.45) is 0 Å². The molecular formula is C11H16ClNO3S. The molecule has 1 fully saturated rings. The average molecular weight is 278 g/mol. The average Bonchev–Trinajstić information content (AvgIpc) is 2.72. The number of piperidine rings is 1. The first-order chi connectivity index (χ1) is 8.05. The van der Waals surface area contributed by atoms with E-state index in [1.165, 1.54) is 10.4 Å². The van der Waals surface area contributed by atoms with E-state index in [1.54, 1.807) is 6.92 Å². The van der Waals surface area contributed by atoms with E-state index < -0.39 is 10.0 Å². The minimum Gasteiger partial charge on any atom is -0.464 e. The van der Waals surface area contributed by atoms with Gasteiger partial charge >= 0.3 is 0 Å². The number of hydrogen-bond acceptors (Lipinski definition) is 3. The molecule has 6 heteroatoms. The zero-order chi connectivity index (χ0) is 12.5. The number of aryl methyl sites for hydroxylation is 1. The number of nitrogens with zero attached hydrogens (tertiary/aromatic N) is 1. The van der Waals surface area contributed by atoms with Crippen LogP contribution in [0.3, 0.4) is 0 Å². The van der Waals surface area contributed by atoms with Gasteiger partial charge in [0, 0.05) is 19.2 Å². The van der Waals surface area contributed by atoms with Gasteiger partial charge < -0.3 is 4.42 Å². The lowest BCUT2D eigenvalue weighted by Crippen LogP contribution is -2.35. The Bertz CT molecular complexity index is 489. The molecular weight excluding hydrogens is 262 g/mol. The molecule has 1 aromatic heterocycles. The Kier molecular flexibility index (Phi) is 3.80. The Morgan fingerprint density at radius 1 is 1.35 bits per heavy atom. The molecule has 0 N–H and O–H groups in total. The van der Waals surface area contributed by atoms with E-state index in [0.717, 1.165) is 19.3 Å². The fraction of sp³-hybridized carbons (Fsp3) is 0.636. The molecule has 0 radical (unpaired) electrons. The van der Waals surface area contributed by atoms with Gasteiger partial charge in [-0.1, -0.05) is 6.42 Å². The smallest absolute Gasteiger partial charge is 0.246 e. The molecule has 4 nitrogen and oxygen atoms in total. The van der Waals surface area contributed by atoms with Crippen molar-refractivity contribution in [3.05, 3.63) is 17.6 Å². The number of hydrogen-bond donors (Lipinski definition) is 0. The molecule has 0 saturated carbocycles. The van der Waals surface area contributed by atoms with E-state index in [9.17, 15) is 8.42 Å². The maximum absolute atomic E-state index is 12.4. The molecule has 2 heterocycles. The van der Waals surface area contributed by atoms with Crippen LogP contribution in [0, 0.1) is 6.92 Å². The third-order valence-electron chi connectivity index (χ3n) is 2.99. The molecule has 0 unspecified atom stereocenters. The number of sulfonamides is 1. The summed E-state index contributed by atoms with van der Waals surface area (Å²) in [5.41, 5.74) is 0. The summed E-state index contributed by atoms with van der Waals surface area (Å²) in [7, 11) is -3.40. The molecule has 0 spiro atoms. The van der Waals surface area contributed by atoms with Crippen molar-refractivity contribution in [3.63, 3.8) is 0 Å². The van der Waals surface area contributed by atoms with Crippen LogP contribution in [-0.2, 0) is 15.9 Å². The number of furan rings is 1. The predicted molar refractivity (Wildman–Crippen MR) is 65.6 cm³/mol. The number of halogens is 1. The van der Waals surface area contributed by atoms with E-state index in [1.807, 2.05) is 0 Å². The van der Waals surface area contributed by atoms with Crippen molar-refractivity contribution in [2.45, 2.75) is 37.0 Å². The van der Waals surface area contributed by atoms with E-state index in [-0.39, 0.29) is 10.8 Å². The third-order valence-corrected chi connectivity index (χ3v) is 5.26. The lowest BCUT2D eigenvalue weighted by Gasteiger charge is -2.25. The minimum atomic E-state index is -3.40. The third kappa shape index (κ3) is 2.51. The number of rotatable bonds is 3. The Balaban J connectivity index is 2.33. The van der Waals surface area contributed by atoms with Crippen LogP contribution in [0.1, 0.15) is 30.8 Å². The van der Waals surface area contributed by atoms with Crippen LogP contribution < -0.4 is 0 Å². The van der Waals surface area contributed by atoms with Crippen molar-refractivity contribution < 1.29 is 12.8 Å². The number of alkyl halides is 1. The first-order valence-electron chi connectivity index (χ1n) is 5.71. The molecule has 0 aromatic carbocycles. The predicted octanol–water partition coefficient (Wildman–Crippen LogP) is 2.50. The molecule has 1 aliphatic rings. The SMILES string of the molecule is Cc1oc(CCl)cc1S(=O)(=O)N1CCCCC1. The highest BCUT2D eigenvalue weighted by Crippen LogP contribution is 2.26. The van der Waals surface area contributed by atoms with Gasteiger partial charge in [-0.25, -0.2) is 8.42 Å². The van der Waals surface area contributed by atoms with Gasteiger partial charge in [-0.2, -0.15) is 4.31 Å². The summed E-state index contributed by atoms with van der Waals surface area (Å²) in [6.45, 7) is 2.86. The van der Waals surface area contributed by atoms with Crippen molar-refractivity contribution >= 4 is 21.6 Å². The highest BCUT2D eigenvalue weighted by molar-refractivity contribution is 7.89. The van der Waals surface area contributed by atoms with Crippen molar-refractivity contribution in [3.8, 4) is 0 Å². The molecule has 1 saturated heterocycles. The standard InChI is InChI=1S/C11H16ClNO3S/c1-9-11(7-10(8-12)16-9)17(14,15)13-5-3-2-4-6-13/h7H,2-6,8H2,1H3. The Morgan fingerprint density at radius 2 is 2.00 bits per heavy atom.